The SMILES string of the molecule is CN(CC(=O)O)C[C@@H](c1cccs1)N1CCOCC1. The summed E-state index contributed by atoms with van der Waals surface area (Å²) in [6, 6.07) is 4.43. The van der Waals surface area contributed by atoms with Crippen LogP contribution in [0.2, 0.25) is 0 Å². The van der Waals surface area contributed by atoms with Crippen LogP contribution >= 0.6 is 11.3 Å². The van der Waals surface area contributed by atoms with Crippen molar-refractivity contribution >= 4 is 17.3 Å². The molecule has 1 aliphatic rings. The topological polar surface area (TPSA) is 53.0 Å². The first-order chi connectivity index (χ1) is 9.16. The summed E-state index contributed by atoms with van der Waals surface area (Å²) in [5.41, 5.74) is 0. The molecule has 2 heterocycles. The Kier molecular flexibility index (Phi) is 5.33. The van der Waals surface area contributed by atoms with E-state index in [0.29, 0.717) is 0 Å². The fraction of sp³-hybridized carbons (Fsp3) is 0.615. The second-order valence-corrected chi connectivity index (χ2v) is 5.75. The lowest BCUT2D eigenvalue weighted by Gasteiger charge is -2.35. The molecule has 1 fully saturated rings. The number of hydrogen-bond acceptors (Lipinski definition) is 5. The lowest BCUT2D eigenvalue weighted by atomic mass is 10.1. The summed E-state index contributed by atoms with van der Waals surface area (Å²) in [7, 11) is 1.86. The zero-order valence-corrected chi connectivity index (χ0v) is 11.9. The molecule has 1 N–H and O–H groups in total. The molecule has 1 aliphatic heterocycles. The van der Waals surface area contributed by atoms with Gasteiger partial charge in [0.2, 0.25) is 0 Å². The zero-order chi connectivity index (χ0) is 13.7. The number of hydrogen-bond donors (Lipinski definition) is 1. The fourth-order valence-corrected chi connectivity index (χ4v) is 3.20. The van der Waals surface area contributed by atoms with Gasteiger partial charge in [-0.05, 0) is 18.5 Å². The van der Waals surface area contributed by atoms with E-state index < -0.39 is 5.97 Å². The van der Waals surface area contributed by atoms with Gasteiger partial charge in [0.25, 0.3) is 0 Å². The van der Waals surface area contributed by atoms with Gasteiger partial charge < -0.3 is 9.84 Å². The van der Waals surface area contributed by atoms with Gasteiger partial charge in [0.1, 0.15) is 0 Å². The van der Waals surface area contributed by atoms with Crippen LogP contribution in [0, 0.1) is 0 Å². The lowest BCUT2D eigenvalue weighted by Crippen LogP contribution is -2.43. The van der Waals surface area contributed by atoms with Gasteiger partial charge in [0.05, 0.1) is 25.8 Å². The largest absolute Gasteiger partial charge is 0.480 e. The van der Waals surface area contributed by atoms with Crippen molar-refractivity contribution in [3.05, 3.63) is 22.4 Å². The van der Waals surface area contributed by atoms with E-state index >= 15 is 0 Å². The second-order valence-electron chi connectivity index (χ2n) is 4.77. The van der Waals surface area contributed by atoms with Crippen LogP contribution in [0.3, 0.4) is 0 Å². The molecule has 1 aromatic rings. The minimum atomic E-state index is -0.783. The molecule has 0 aromatic carbocycles. The quantitative estimate of drug-likeness (QED) is 0.849. The molecule has 6 heteroatoms. The smallest absolute Gasteiger partial charge is 0.317 e. The van der Waals surface area contributed by atoms with E-state index in [2.05, 4.69) is 16.3 Å². The molecule has 0 bridgehead atoms. The van der Waals surface area contributed by atoms with E-state index in [1.54, 1.807) is 11.3 Å². The first-order valence-electron chi connectivity index (χ1n) is 6.42. The highest BCUT2D eigenvalue weighted by atomic mass is 32.1. The molecule has 0 amide bonds. The predicted molar refractivity (Wildman–Crippen MR) is 74.6 cm³/mol. The van der Waals surface area contributed by atoms with Crippen molar-refractivity contribution in [3.63, 3.8) is 0 Å². The zero-order valence-electron chi connectivity index (χ0n) is 11.1. The molecule has 0 radical (unpaired) electrons. The van der Waals surface area contributed by atoms with Gasteiger partial charge in [0.15, 0.2) is 0 Å². The molecule has 0 aliphatic carbocycles. The van der Waals surface area contributed by atoms with Crippen LogP contribution in [0.5, 0.6) is 0 Å². The summed E-state index contributed by atoms with van der Waals surface area (Å²) in [6.45, 7) is 4.13. The highest BCUT2D eigenvalue weighted by Crippen LogP contribution is 2.26. The van der Waals surface area contributed by atoms with Crippen molar-refractivity contribution in [2.75, 3.05) is 46.4 Å². The van der Waals surface area contributed by atoms with E-state index in [1.165, 1.54) is 4.88 Å². The molecular weight excluding hydrogens is 264 g/mol. The fourth-order valence-electron chi connectivity index (χ4n) is 2.35. The Bertz CT molecular complexity index is 391. The van der Waals surface area contributed by atoms with Crippen molar-refractivity contribution in [3.8, 4) is 0 Å². The number of carbonyl (C=O) groups is 1. The van der Waals surface area contributed by atoms with Crippen LogP contribution in [0.1, 0.15) is 10.9 Å². The van der Waals surface area contributed by atoms with Crippen molar-refractivity contribution in [1.82, 2.24) is 9.80 Å². The third-order valence-corrected chi connectivity index (χ3v) is 4.22. The molecule has 1 saturated heterocycles. The molecule has 0 saturated carbocycles. The Balaban J connectivity index is 2.03. The van der Waals surface area contributed by atoms with Gasteiger partial charge in [-0.2, -0.15) is 0 Å². The first-order valence-corrected chi connectivity index (χ1v) is 7.30. The summed E-state index contributed by atoms with van der Waals surface area (Å²) < 4.78 is 5.39. The third kappa shape index (κ3) is 4.28. The number of rotatable bonds is 6. The monoisotopic (exact) mass is 284 g/mol. The maximum absolute atomic E-state index is 10.8. The molecule has 0 unspecified atom stereocenters. The maximum atomic E-state index is 10.8. The Hall–Kier alpha value is -0.950. The highest BCUT2D eigenvalue weighted by molar-refractivity contribution is 7.10. The molecule has 5 nitrogen and oxygen atoms in total. The minimum absolute atomic E-state index is 0.0756. The van der Waals surface area contributed by atoms with E-state index in [1.807, 2.05) is 18.0 Å². The van der Waals surface area contributed by atoms with Crippen LogP contribution in [-0.4, -0.2) is 67.3 Å². The average Bonchev–Trinajstić information content (AvgIpc) is 2.90. The van der Waals surface area contributed by atoms with Gasteiger partial charge in [-0.3, -0.25) is 14.6 Å². The van der Waals surface area contributed by atoms with Gasteiger partial charge in [-0.1, -0.05) is 6.07 Å². The molecule has 0 spiro atoms. The summed E-state index contributed by atoms with van der Waals surface area (Å²) in [4.78, 5) is 16.3. The van der Waals surface area contributed by atoms with Gasteiger partial charge in [-0.25, -0.2) is 0 Å². The van der Waals surface area contributed by atoms with E-state index in [9.17, 15) is 4.79 Å². The number of likely N-dealkylation sites (N-methyl/N-ethyl adjacent to an activating group) is 1. The molecule has 1 atom stereocenters. The average molecular weight is 284 g/mol. The Labute approximate surface area is 117 Å². The summed E-state index contributed by atoms with van der Waals surface area (Å²) in [5.74, 6) is -0.783. The standard InChI is InChI=1S/C13H20N2O3S/c1-14(10-13(16)17)9-11(12-3-2-8-19-12)15-4-6-18-7-5-15/h2-3,8,11H,4-7,9-10H2,1H3,(H,16,17)/t11-/m0/s1. The van der Waals surface area contributed by atoms with Crippen LogP contribution in [0.4, 0.5) is 0 Å². The van der Waals surface area contributed by atoms with Gasteiger partial charge in [0, 0.05) is 24.5 Å². The van der Waals surface area contributed by atoms with Crippen LogP contribution in [0.25, 0.3) is 0 Å². The first kappa shape index (κ1) is 14.5. The van der Waals surface area contributed by atoms with Crippen molar-refractivity contribution < 1.29 is 14.6 Å². The molecular formula is C13H20N2O3S. The molecule has 1 aromatic heterocycles. The Morgan fingerprint density at radius 3 is 2.89 bits per heavy atom. The minimum Gasteiger partial charge on any atom is -0.480 e. The second kappa shape index (κ2) is 7.00. The number of aliphatic carboxylic acids is 1. The van der Waals surface area contributed by atoms with Crippen LogP contribution < -0.4 is 0 Å². The Morgan fingerprint density at radius 2 is 2.32 bits per heavy atom. The number of carboxylic acids is 1. The summed E-state index contributed by atoms with van der Waals surface area (Å²) in [6.07, 6.45) is 0. The van der Waals surface area contributed by atoms with Crippen molar-refractivity contribution in [1.29, 1.82) is 0 Å². The van der Waals surface area contributed by atoms with Gasteiger partial charge in [-0.15, -0.1) is 11.3 Å². The van der Waals surface area contributed by atoms with E-state index in [0.717, 1.165) is 32.8 Å². The molecule has 106 valence electrons. The maximum Gasteiger partial charge on any atom is 0.317 e. The third-order valence-electron chi connectivity index (χ3n) is 3.25. The number of carboxylic acid groups (broad SMARTS) is 1. The van der Waals surface area contributed by atoms with E-state index in [-0.39, 0.29) is 12.6 Å². The van der Waals surface area contributed by atoms with Crippen LogP contribution in [0.15, 0.2) is 17.5 Å². The molecule has 19 heavy (non-hydrogen) atoms. The van der Waals surface area contributed by atoms with Crippen molar-refractivity contribution in [2.24, 2.45) is 0 Å². The number of nitrogens with zero attached hydrogens (tertiary/aromatic N) is 2. The number of thiophene rings is 1. The van der Waals surface area contributed by atoms with Gasteiger partial charge >= 0.3 is 5.97 Å². The van der Waals surface area contributed by atoms with Crippen LogP contribution in [-0.2, 0) is 9.53 Å². The Morgan fingerprint density at radius 1 is 1.58 bits per heavy atom. The lowest BCUT2D eigenvalue weighted by molar-refractivity contribution is -0.138. The highest BCUT2D eigenvalue weighted by Gasteiger charge is 2.25. The predicted octanol–water partition coefficient (Wildman–Crippen LogP) is 1.14. The normalized spacial score (nSPS) is 18.6. The summed E-state index contributed by atoms with van der Waals surface area (Å²) in [5, 5.41) is 10.9. The summed E-state index contributed by atoms with van der Waals surface area (Å²) >= 11 is 1.73. The van der Waals surface area contributed by atoms with E-state index in [4.69, 9.17) is 9.84 Å². The van der Waals surface area contributed by atoms with Crippen molar-refractivity contribution in [2.45, 2.75) is 6.04 Å². The molecule has 2 rings (SSSR count). The number of ether oxygens (including phenoxy) is 1. The number of morpholine rings is 1.